The fourth-order valence-corrected chi connectivity index (χ4v) is 1.56. The molecule has 18 heavy (non-hydrogen) atoms. The van der Waals surface area contributed by atoms with E-state index in [9.17, 15) is 0 Å². The second-order valence-corrected chi connectivity index (χ2v) is 5.38. The molecule has 0 saturated heterocycles. The number of halogens is 1. The normalized spacial score (nSPS) is 11.6. The van der Waals surface area contributed by atoms with Crippen LogP contribution in [0, 0.1) is 0 Å². The largest absolute Gasteiger partial charge is 0.472 e. The number of hydrogen-bond acceptors (Lipinski definition) is 3. The van der Waals surface area contributed by atoms with Crippen molar-refractivity contribution in [2.75, 3.05) is 6.54 Å². The number of hydrogen-bond donors (Lipinski definition) is 1. The fraction of sp³-hybridized carbons (Fsp3) is 0.643. The zero-order valence-electron chi connectivity index (χ0n) is 11.7. The van der Waals surface area contributed by atoms with E-state index in [4.69, 9.17) is 16.3 Å². The maximum absolute atomic E-state index is 6.12. The molecule has 0 atom stereocenters. The molecule has 1 heterocycles. The molecular formula is C14H23ClN2O. The van der Waals surface area contributed by atoms with Crippen molar-refractivity contribution in [2.24, 2.45) is 0 Å². The second-order valence-electron chi connectivity index (χ2n) is 4.97. The van der Waals surface area contributed by atoms with Crippen LogP contribution < -0.4 is 10.1 Å². The Balaban J connectivity index is 2.74. The van der Waals surface area contributed by atoms with E-state index in [0.717, 1.165) is 25.1 Å². The maximum Gasteiger partial charge on any atom is 0.214 e. The Morgan fingerprint density at radius 2 is 2.06 bits per heavy atom. The monoisotopic (exact) mass is 270 g/mol. The highest BCUT2D eigenvalue weighted by Gasteiger charge is 2.18. The van der Waals surface area contributed by atoms with Gasteiger partial charge in [-0.05, 0) is 39.3 Å². The summed E-state index contributed by atoms with van der Waals surface area (Å²) in [6.07, 6.45) is 2.03. The first-order valence-corrected chi connectivity index (χ1v) is 6.91. The molecule has 0 spiro atoms. The van der Waals surface area contributed by atoms with Crippen LogP contribution in [-0.4, -0.2) is 17.1 Å². The maximum atomic E-state index is 6.12. The molecule has 0 saturated carbocycles. The van der Waals surface area contributed by atoms with E-state index in [2.05, 4.69) is 38.0 Å². The van der Waals surface area contributed by atoms with Crippen molar-refractivity contribution in [1.82, 2.24) is 10.3 Å². The highest BCUT2D eigenvalue weighted by molar-refractivity contribution is 6.31. The van der Waals surface area contributed by atoms with Crippen molar-refractivity contribution in [3.8, 4) is 5.88 Å². The lowest BCUT2D eigenvalue weighted by Gasteiger charge is -2.24. The molecule has 0 aliphatic carbocycles. The summed E-state index contributed by atoms with van der Waals surface area (Å²) in [6, 6.07) is 3.67. The summed E-state index contributed by atoms with van der Waals surface area (Å²) in [4.78, 5) is 4.46. The molecule has 102 valence electrons. The van der Waals surface area contributed by atoms with Gasteiger partial charge >= 0.3 is 0 Å². The van der Waals surface area contributed by atoms with Gasteiger partial charge in [-0.2, -0.15) is 0 Å². The van der Waals surface area contributed by atoms with Gasteiger partial charge in [0.25, 0.3) is 0 Å². The minimum atomic E-state index is -0.199. The van der Waals surface area contributed by atoms with E-state index in [0.29, 0.717) is 17.4 Å². The van der Waals surface area contributed by atoms with Crippen molar-refractivity contribution in [1.29, 1.82) is 0 Å². The Bertz CT molecular complexity index is 380. The van der Waals surface area contributed by atoms with Crippen molar-refractivity contribution < 1.29 is 4.74 Å². The standard InChI is InChI=1S/C14H23ClN2O/c1-5-9-16-10-12-11(15)7-8-13(17-12)18-14(3,4)6-2/h7-8,16H,5-6,9-10H2,1-4H3. The highest BCUT2D eigenvalue weighted by Crippen LogP contribution is 2.22. The van der Waals surface area contributed by atoms with Gasteiger partial charge in [-0.15, -0.1) is 0 Å². The molecule has 1 aromatic rings. The van der Waals surface area contributed by atoms with E-state index in [1.807, 2.05) is 12.1 Å². The molecule has 1 rings (SSSR count). The average molecular weight is 271 g/mol. The van der Waals surface area contributed by atoms with Gasteiger partial charge < -0.3 is 10.1 Å². The first-order chi connectivity index (χ1) is 8.48. The number of aromatic nitrogens is 1. The van der Waals surface area contributed by atoms with Crippen LogP contribution >= 0.6 is 11.6 Å². The van der Waals surface area contributed by atoms with Gasteiger partial charge in [0.05, 0.1) is 10.7 Å². The first-order valence-electron chi connectivity index (χ1n) is 6.53. The van der Waals surface area contributed by atoms with E-state index < -0.39 is 0 Å². The second kappa shape index (κ2) is 6.95. The number of ether oxygens (including phenoxy) is 1. The third-order valence-corrected chi connectivity index (χ3v) is 3.19. The molecule has 1 N–H and O–H groups in total. The Labute approximate surface area is 115 Å². The first kappa shape index (κ1) is 15.3. The molecule has 0 amide bonds. The van der Waals surface area contributed by atoms with E-state index in [1.54, 1.807) is 0 Å². The summed E-state index contributed by atoms with van der Waals surface area (Å²) >= 11 is 6.12. The summed E-state index contributed by atoms with van der Waals surface area (Å²) in [5, 5.41) is 3.97. The topological polar surface area (TPSA) is 34.2 Å². The lowest BCUT2D eigenvalue weighted by atomic mass is 10.1. The molecule has 4 heteroatoms. The summed E-state index contributed by atoms with van der Waals surface area (Å²) in [7, 11) is 0. The molecule has 0 aliphatic rings. The predicted octanol–water partition coefficient (Wildman–Crippen LogP) is 3.80. The van der Waals surface area contributed by atoms with E-state index >= 15 is 0 Å². The van der Waals surface area contributed by atoms with Crippen LogP contribution in [0.4, 0.5) is 0 Å². The molecule has 1 aromatic heterocycles. The minimum absolute atomic E-state index is 0.199. The third-order valence-electron chi connectivity index (χ3n) is 2.84. The zero-order valence-corrected chi connectivity index (χ0v) is 12.5. The van der Waals surface area contributed by atoms with E-state index in [-0.39, 0.29) is 5.60 Å². The molecule has 0 unspecified atom stereocenters. The van der Waals surface area contributed by atoms with Crippen LogP contribution in [0.2, 0.25) is 5.02 Å². The van der Waals surface area contributed by atoms with Crippen LogP contribution in [0.15, 0.2) is 12.1 Å². The number of nitrogens with one attached hydrogen (secondary N) is 1. The van der Waals surface area contributed by atoms with E-state index in [1.165, 1.54) is 0 Å². The zero-order chi connectivity index (χ0) is 13.6. The van der Waals surface area contributed by atoms with Crippen LogP contribution in [0.3, 0.4) is 0 Å². The van der Waals surface area contributed by atoms with Gasteiger partial charge in [0, 0.05) is 12.6 Å². The number of pyridine rings is 1. The highest BCUT2D eigenvalue weighted by atomic mass is 35.5. The molecule has 0 fully saturated rings. The third kappa shape index (κ3) is 4.83. The van der Waals surface area contributed by atoms with Crippen molar-refractivity contribution in [3.05, 3.63) is 22.8 Å². The summed E-state index contributed by atoms with van der Waals surface area (Å²) in [5.74, 6) is 0.638. The van der Waals surface area contributed by atoms with Crippen LogP contribution in [-0.2, 0) is 6.54 Å². The smallest absolute Gasteiger partial charge is 0.214 e. The molecular weight excluding hydrogens is 248 g/mol. The van der Waals surface area contributed by atoms with Crippen molar-refractivity contribution in [2.45, 2.75) is 52.7 Å². The van der Waals surface area contributed by atoms with Gasteiger partial charge in [-0.1, -0.05) is 25.4 Å². The minimum Gasteiger partial charge on any atom is -0.472 e. The van der Waals surface area contributed by atoms with Crippen LogP contribution in [0.25, 0.3) is 0 Å². The lowest BCUT2D eigenvalue weighted by molar-refractivity contribution is 0.0987. The van der Waals surface area contributed by atoms with Crippen molar-refractivity contribution in [3.63, 3.8) is 0 Å². The van der Waals surface area contributed by atoms with Gasteiger partial charge in [0.1, 0.15) is 5.60 Å². The van der Waals surface area contributed by atoms with Gasteiger partial charge in [0.15, 0.2) is 0 Å². The molecule has 0 bridgehead atoms. The van der Waals surface area contributed by atoms with Gasteiger partial charge in [-0.25, -0.2) is 4.98 Å². The van der Waals surface area contributed by atoms with Crippen molar-refractivity contribution >= 4 is 11.6 Å². The summed E-state index contributed by atoms with van der Waals surface area (Å²) in [5.41, 5.74) is 0.643. The van der Waals surface area contributed by atoms with Crippen LogP contribution in [0.5, 0.6) is 5.88 Å². The van der Waals surface area contributed by atoms with Gasteiger partial charge in [-0.3, -0.25) is 0 Å². The molecule has 0 aromatic carbocycles. The Morgan fingerprint density at radius 1 is 1.33 bits per heavy atom. The Hall–Kier alpha value is -0.800. The quantitative estimate of drug-likeness (QED) is 0.765. The Morgan fingerprint density at radius 3 is 2.67 bits per heavy atom. The lowest BCUT2D eigenvalue weighted by Crippen LogP contribution is -2.27. The summed E-state index contributed by atoms with van der Waals surface area (Å²) in [6.45, 7) is 9.97. The van der Waals surface area contributed by atoms with Gasteiger partial charge in [0.2, 0.25) is 5.88 Å². The SMILES string of the molecule is CCCNCc1nc(OC(C)(C)CC)ccc1Cl. The molecule has 0 radical (unpaired) electrons. The fourth-order valence-electron chi connectivity index (χ4n) is 1.38. The average Bonchev–Trinajstić information content (AvgIpc) is 2.33. The summed E-state index contributed by atoms with van der Waals surface area (Å²) < 4.78 is 5.86. The van der Waals surface area contributed by atoms with Crippen LogP contribution in [0.1, 0.15) is 46.2 Å². The predicted molar refractivity (Wildman–Crippen MR) is 76.2 cm³/mol. The molecule has 3 nitrogen and oxygen atoms in total. The molecule has 0 aliphatic heterocycles. The number of nitrogens with zero attached hydrogens (tertiary/aromatic N) is 1. The number of rotatable bonds is 7. The Kier molecular flexibility index (Phi) is 5.89.